The first-order valence-electron chi connectivity index (χ1n) is 5.82. The van der Waals surface area contributed by atoms with Gasteiger partial charge in [-0.05, 0) is 34.1 Å². The Kier molecular flexibility index (Phi) is 3.35. The molecule has 0 spiro atoms. The van der Waals surface area contributed by atoms with Crippen molar-refractivity contribution in [1.29, 1.82) is 0 Å². The van der Waals surface area contributed by atoms with E-state index in [0.29, 0.717) is 17.2 Å². The van der Waals surface area contributed by atoms with Crippen LogP contribution in [0.5, 0.6) is 0 Å². The molecule has 0 radical (unpaired) electrons. The largest absolute Gasteiger partial charge is 0.349 e. The Balaban J connectivity index is 1.81. The van der Waals surface area contributed by atoms with E-state index in [1.807, 2.05) is 12.1 Å². The Bertz CT molecular complexity index is 772. The summed E-state index contributed by atoms with van der Waals surface area (Å²) in [6, 6.07) is 7.14. The summed E-state index contributed by atoms with van der Waals surface area (Å²) >= 11 is 3.37. The van der Waals surface area contributed by atoms with Crippen LogP contribution in [0.4, 0.5) is 14.7 Å². The van der Waals surface area contributed by atoms with E-state index < -0.39 is 11.6 Å². The van der Waals surface area contributed by atoms with Crippen molar-refractivity contribution < 1.29 is 8.78 Å². The molecule has 0 amide bonds. The molecular weight excluding hydrogens is 330 g/mol. The summed E-state index contributed by atoms with van der Waals surface area (Å²) in [6.07, 6.45) is 1.76. The number of aromatic nitrogens is 3. The normalized spacial score (nSPS) is 10.9. The van der Waals surface area contributed by atoms with Crippen LogP contribution in [-0.4, -0.2) is 14.6 Å². The van der Waals surface area contributed by atoms with Crippen molar-refractivity contribution >= 4 is 27.5 Å². The third-order valence-corrected chi connectivity index (χ3v) is 3.39. The van der Waals surface area contributed by atoms with Crippen molar-refractivity contribution in [2.24, 2.45) is 0 Å². The van der Waals surface area contributed by atoms with Crippen molar-refractivity contribution in [3.05, 3.63) is 58.2 Å². The average molecular weight is 339 g/mol. The van der Waals surface area contributed by atoms with Crippen LogP contribution in [0.25, 0.3) is 5.65 Å². The van der Waals surface area contributed by atoms with Gasteiger partial charge in [-0.1, -0.05) is 6.07 Å². The van der Waals surface area contributed by atoms with Crippen LogP contribution in [0.1, 0.15) is 5.56 Å². The molecule has 0 bridgehead atoms. The molecule has 0 aliphatic heterocycles. The average Bonchev–Trinajstić information content (AvgIpc) is 2.82. The van der Waals surface area contributed by atoms with Gasteiger partial charge in [-0.2, -0.15) is 4.98 Å². The summed E-state index contributed by atoms with van der Waals surface area (Å²) in [4.78, 5) is 4.27. The maximum atomic E-state index is 13.5. The van der Waals surface area contributed by atoms with Crippen molar-refractivity contribution in [2.75, 3.05) is 5.32 Å². The summed E-state index contributed by atoms with van der Waals surface area (Å²) in [5, 5.41) is 7.12. The number of halogens is 3. The van der Waals surface area contributed by atoms with Gasteiger partial charge < -0.3 is 5.32 Å². The van der Waals surface area contributed by atoms with Crippen LogP contribution in [0, 0.1) is 11.6 Å². The van der Waals surface area contributed by atoms with E-state index in [9.17, 15) is 8.78 Å². The summed E-state index contributed by atoms with van der Waals surface area (Å²) in [5.41, 5.74) is 1.01. The highest BCUT2D eigenvalue weighted by atomic mass is 79.9. The molecule has 2 heterocycles. The zero-order chi connectivity index (χ0) is 14.1. The van der Waals surface area contributed by atoms with Gasteiger partial charge in [-0.3, -0.25) is 0 Å². The summed E-state index contributed by atoms with van der Waals surface area (Å²) in [7, 11) is 0. The van der Waals surface area contributed by atoms with Crippen molar-refractivity contribution in [1.82, 2.24) is 14.6 Å². The third kappa shape index (κ3) is 2.49. The fourth-order valence-electron chi connectivity index (χ4n) is 1.79. The van der Waals surface area contributed by atoms with Crippen LogP contribution in [0.15, 0.2) is 41.0 Å². The van der Waals surface area contributed by atoms with E-state index in [1.54, 1.807) is 10.7 Å². The molecule has 0 saturated carbocycles. The molecule has 0 fully saturated rings. The first-order chi connectivity index (χ1) is 9.63. The van der Waals surface area contributed by atoms with E-state index >= 15 is 0 Å². The molecule has 0 unspecified atom stereocenters. The van der Waals surface area contributed by atoms with Gasteiger partial charge in [-0.25, -0.2) is 13.3 Å². The minimum Gasteiger partial charge on any atom is -0.349 e. The molecule has 102 valence electrons. The Morgan fingerprint density at radius 3 is 2.85 bits per heavy atom. The van der Waals surface area contributed by atoms with Gasteiger partial charge in [0.1, 0.15) is 11.6 Å². The number of hydrogen-bond acceptors (Lipinski definition) is 3. The lowest BCUT2D eigenvalue weighted by Crippen LogP contribution is -2.03. The quantitative estimate of drug-likeness (QED) is 0.796. The molecule has 1 N–H and O–H groups in total. The molecule has 0 saturated heterocycles. The van der Waals surface area contributed by atoms with E-state index in [-0.39, 0.29) is 6.54 Å². The van der Waals surface area contributed by atoms with E-state index in [4.69, 9.17) is 0 Å². The molecule has 3 rings (SSSR count). The maximum Gasteiger partial charge on any atom is 0.243 e. The number of nitrogens with one attached hydrogen (secondary N) is 1. The van der Waals surface area contributed by atoms with Gasteiger partial charge in [0.15, 0.2) is 5.65 Å². The monoisotopic (exact) mass is 338 g/mol. The van der Waals surface area contributed by atoms with Crippen LogP contribution in [0.3, 0.4) is 0 Å². The van der Waals surface area contributed by atoms with Crippen LogP contribution in [0.2, 0.25) is 0 Å². The smallest absolute Gasteiger partial charge is 0.243 e. The van der Waals surface area contributed by atoms with Gasteiger partial charge in [-0.15, -0.1) is 5.10 Å². The summed E-state index contributed by atoms with van der Waals surface area (Å²) < 4.78 is 28.7. The van der Waals surface area contributed by atoms with Crippen LogP contribution >= 0.6 is 15.9 Å². The topological polar surface area (TPSA) is 42.2 Å². The predicted octanol–water partition coefficient (Wildman–Crippen LogP) is 3.38. The van der Waals surface area contributed by atoms with Crippen LogP contribution in [-0.2, 0) is 6.54 Å². The predicted molar refractivity (Wildman–Crippen MR) is 74.4 cm³/mol. The van der Waals surface area contributed by atoms with Gasteiger partial charge in [0.05, 0.1) is 4.47 Å². The zero-order valence-corrected chi connectivity index (χ0v) is 11.7. The molecule has 1 aromatic carbocycles. The Morgan fingerprint density at radius 2 is 2.10 bits per heavy atom. The number of nitrogens with zero attached hydrogens (tertiary/aromatic N) is 3. The van der Waals surface area contributed by atoms with Crippen molar-refractivity contribution in [3.63, 3.8) is 0 Å². The molecule has 7 heteroatoms. The highest BCUT2D eigenvalue weighted by Gasteiger charge is 2.08. The molecule has 4 nitrogen and oxygen atoms in total. The maximum absolute atomic E-state index is 13.5. The van der Waals surface area contributed by atoms with Crippen LogP contribution < -0.4 is 5.32 Å². The number of rotatable bonds is 3. The first-order valence-corrected chi connectivity index (χ1v) is 6.61. The number of benzene rings is 1. The number of pyridine rings is 1. The summed E-state index contributed by atoms with van der Waals surface area (Å²) in [6.45, 7) is 0.181. The Labute approximate surface area is 121 Å². The molecule has 3 aromatic rings. The molecule has 0 aliphatic carbocycles. The molecule has 0 atom stereocenters. The minimum atomic E-state index is -0.596. The standard InChI is InChI=1S/C13H9BrF2N4/c14-10-2-1-5-20-12(10)18-13(19-20)17-7-8-3-4-9(15)6-11(8)16/h1-6H,7H2,(H,17,19). The molecule has 2 aromatic heterocycles. The fourth-order valence-corrected chi connectivity index (χ4v) is 2.21. The lowest BCUT2D eigenvalue weighted by Gasteiger charge is -2.03. The highest BCUT2D eigenvalue weighted by molar-refractivity contribution is 9.10. The van der Waals surface area contributed by atoms with E-state index in [1.165, 1.54) is 12.1 Å². The Morgan fingerprint density at radius 1 is 1.25 bits per heavy atom. The fraction of sp³-hybridized carbons (Fsp3) is 0.0769. The number of hydrogen-bond donors (Lipinski definition) is 1. The second-order valence-corrected chi connectivity index (χ2v) is 5.00. The van der Waals surface area contributed by atoms with E-state index in [2.05, 4.69) is 31.3 Å². The Hall–Kier alpha value is -2.02. The van der Waals surface area contributed by atoms with Gasteiger partial charge in [0, 0.05) is 24.4 Å². The van der Waals surface area contributed by atoms with Gasteiger partial charge >= 0.3 is 0 Å². The molecule has 0 aliphatic rings. The lowest BCUT2D eigenvalue weighted by molar-refractivity contribution is 0.574. The van der Waals surface area contributed by atoms with Crippen molar-refractivity contribution in [3.8, 4) is 0 Å². The first kappa shape index (κ1) is 13.0. The minimum absolute atomic E-state index is 0.181. The highest BCUT2D eigenvalue weighted by Crippen LogP contribution is 2.17. The third-order valence-electron chi connectivity index (χ3n) is 2.77. The SMILES string of the molecule is Fc1ccc(CNc2nc3c(Br)cccn3n2)c(F)c1. The zero-order valence-electron chi connectivity index (χ0n) is 10.1. The molecular formula is C13H9BrF2N4. The van der Waals surface area contributed by atoms with Crippen molar-refractivity contribution in [2.45, 2.75) is 6.54 Å². The number of anilines is 1. The number of fused-ring (bicyclic) bond motifs is 1. The second-order valence-electron chi connectivity index (χ2n) is 4.15. The molecule has 20 heavy (non-hydrogen) atoms. The lowest BCUT2D eigenvalue weighted by atomic mass is 10.2. The second kappa shape index (κ2) is 5.16. The summed E-state index contributed by atoms with van der Waals surface area (Å²) in [5.74, 6) is -0.816. The van der Waals surface area contributed by atoms with Gasteiger partial charge in [0.25, 0.3) is 0 Å². The van der Waals surface area contributed by atoms with Gasteiger partial charge in [0.2, 0.25) is 5.95 Å². The van der Waals surface area contributed by atoms with E-state index in [0.717, 1.165) is 10.5 Å².